The zero-order valence-corrected chi connectivity index (χ0v) is 15.4. The number of aromatic nitrogens is 1. The van der Waals surface area contributed by atoms with Crippen LogP contribution in [-0.4, -0.2) is 34.8 Å². The molecule has 7 heteroatoms. The van der Waals surface area contributed by atoms with E-state index in [1.807, 2.05) is 13.0 Å². The van der Waals surface area contributed by atoms with E-state index in [0.29, 0.717) is 23.7 Å². The molecule has 0 atom stereocenters. The third kappa shape index (κ3) is 5.78. The van der Waals surface area contributed by atoms with E-state index in [9.17, 15) is 14.7 Å². The summed E-state index contributed by atoms with van der Waals surface area (Å²) in [5.41, 5.74) is 1.69. The van der Waals surface area contributed by atoms with Crippen LogP contribution in [0.1, 0.15) is 29.9 Å². The standard InChI is InChI=1S/C20H21N3O4/c1-4-27-20(26)15-8-10-16(11-9-15)21-12-17(14(3)24)19(25)23-18-7-5-6-13(2)22-18/h5-12,24H,4H2,1-3H3,(H,22,23,25)/b17-14-,21-12?. The number of benzene rings is 1. The smallest absolute Gasteiger partial charge is 0.338 e. The van der Waals surface area contributed by atoms with E-state index >= 15 is 0 Å². The van der Waals surface area contributed by atoms with Gasteiger partial charge in [-0.05, 0) is 57.2 Å². The lowest BCUT2D eigenvalue weighted by Gasteiger charge is -2.06. The van der Waals surface area contributed by atoms with Crippen molar-refractivity contribution >= 4 is 29.6 Å². The van der Waals surface area contributed by atoms with Gasteiger partial charge in [0.25, 0.3) is 5.91 Å². The summed E-state index contributed by atoms with van der Waals surface area (Å²) in [5, 5.41) is 12.4. The number of hydrogen-bond acceptors (Lipinski definition) is 6. The Morgan fingerprint density at radius 2 is 1.93 bits per heavy atom. The van der Waals surface area contributed by atoms with E-state index in [2.05, 4.69) is 15.3 Å². The minimum atomic E-state index is -0.528. The van der Waals surface area contributed by atoms with Crippen molar-refractivity contribution in [1.82, 2.24) is 4.98 Å². The molecule has 27 heavy (non-hydrogen) atoms. The monoisotopic (exact) mass is 367 g/mol. The van der Waals surface area contributed by atoms with E-state index in [0.717, 1.165) is 5.69 Å². The lowest BCUT2D eigenvalue weighted by Crippen LogP contribution is -2.17. The zero-order chi connectivity index (χ0) is 19.8. The molecule has 0 aliphatic heterocycles. The van der Waals surface area contributed by atoms with Crippen LogP contribution in [0.4, 0.5) is 11.5 Å². The molecule has 2 N–H and O–H groups in total. The molecule has 0 spiro atoms. The summed E-state index contributed by atoms with van der Waals surface area (Å²) in [5.74, 6) is -0.733. The minimum Gasteiger partial charge on any atom is -0.512 e. The number of carbonyl (C=O) groups is 2. The number of ether oxygens (including phenoxy) is 1. The van der Waals surface area contributed by atoms with Crippen LogP contribution in [0.5, 0.6) is 0 Å². The quantitative estimate of drug-likeness (QED) is 0.350. The Bertz CT molecular complexity index is 882. The van der Waals surface area contributed by atoms with Gasteiger partial charge < -0.3 is 15.2 Å². The summed E-state index contributed by atoms with van der Waals surface area (Å²) >= 11 is 0. The van der Waals surface area contributed by atoms with Gasteiger partial charge in [-0.1, -0.05) is 6.07 Å². The Morgan fingerprint density at radius 3 is 2.52 bits per heavy atom. The number of hydrogen-bond donors (Lipinski definition) is 2. The van der Waals surface area contributed by atoms with Crippen LogP contribution in [0, 0.1) is 6.92 Å². The molecule has 1 heterocycles. The summed E-state index contributed by atoms with van der Waals surface area (Å²) < 4.78 is 4.92. The van der Waals surface area contributed by atoms with Crippen LogP contribution in [0.2, 0.25) is 0 Å². The molecule has 0 aliphatic carbocycles. The first-order chi connectivity index (χ1) is 12.9. The normalized spacial score (nSPS) is 11.8. The number of rotatable bonds is 6. The number of anilines is 1. The number of nitrogens with zero attached hydrogens (tertiary/aromatic N) is 2. The molecule has 0 fully saturated rings. The molecule has 0 aliphatic rings. The first-order valence-corrected chi connectivity index (χ1v) is 8.36. The Morgan fingerprint density at radius 1 is 1.22 bits per heavy atom. The van der Waals surface area contributed by atoms with Crippen molar-refractivity contribution in [2.24, 2.45) is 4.99 Å². The minimum absolute atomic E-state index is 0.00720. The molecule has 2 aromatic rings. The summed E-state index contributed by atoms with van der Waals surface area (Å²) in [6, 6.07) is 11.6. The molecule has 0 radical (unpaired) electrons. The first kappa shape index (κ1) is 19.8. The summed E-state index contributed by atoms with van der Waals surface area (Å²) in [6.45, 7) is 5.24. The molecular formula is C20H21N3O4. The van der Waals surface area contributed by atoms with Gasteiger partial charge >= 0.3 is 5.97 Å². The Balaban J connectivity index is 2.12. The molecule has 0 saturated carbocycles. The van der Waals surface area contributed by atoms with Gasteiger partial charge in [-0.15, -0.1) is 0 Å². The highest BCUT2D eigenvalue weighted by Crippen LogP contribution is 2.15. The number of aliphatic hydroxyl groups is 1. The van der Waals surface area contributed by atoms with E-state index in [1.165, 1.54) is 13.1 Å². The van der Waals surface area contributed by atoms with E-state index in [1.54, 1.807) is 43.3 Å². The number of aliphatic imine (C=N–C) groups is 1. The van der Waals surface area contributed by atoms with Crippen molar-refractivity contribution in [2.45, 2.75) is 20.8 Å². The van der Waals surface area contributed by atoms with Gasteiger partial charge in [0.2, 0.25) is 0 Å². The van der Waals surface area contributed by atoms with Crippen molar-refractivity contribution < 1.29 is 19.4 Å². The van der Waals surface area contributed by atoms with E-state index < -0.39 is 11.9 Å². The third-order valence-electron chi connectivity index (χ3n) is 3.49. The van der Waals surface area contributed by atoms with Gasteiger partial charge in [-0.25, -0.2) is 9.78 Å². The second-order valence-corrected chi connectivity index (χ2v) is 5.64. The predicted molar refractivity (Wildman–Crippen MR) is 103 cm³/mol. The molecule has 7 nitrogen and oxygen atoms in total. The molecule has 0 bridgehead atoms. The third-order valence-corrected chi connectivity index (χ3v) is 3.49. The SMILES string of the molecule is CCOC(=O)c1ccc(N=C/C(C(=O)Nc2cccc(C)n2)=C(\C)O)cc1. The number of esters is 1. The number of aryl methyl sites for hydroxylation is 1. The number of carbonyl (C=O) groups excluding carboxylic acids is 2. The highest BCUT2D eigenvalue weighted by Gasteiger charge is 2.12. The van der Waals surface area contributed by atoms with Crippen LogP contribution < -0.4 is 5.32 Å². The first-order valence-electron chi connectivity index (χ1n) is 8.36. The molecule has 0 unspecified atom stereocenters. The van der Waals surface area contributed by atoms with Crippen molar-refractivity contribution in [3.05, 3.63) is 65.1 Å². The van der Waals surface area contributed by atoms with E-state index in [4.69, 9.17) is 4.74 Å². The van der Waals surface area contributed by atoms with Gasteiger partial charge in [0.15, 0.2) is 0 Å². The van der Waals surface area contributed by atoms with Crippen LogP contribution in [0.3, 0.4) is 0 Å². The Hall–Kier alpha value is -3.48. The van der Waals surface area contributed by atoms with Gasteiger partial charge in [0.1, 0.15) is 11.6 Å². The fourth-order valence-electron chi connectivity index (χ4n) is 2.15. The van der Waals surface area contributed by atoms with Crippen LogP contribution in [-0.2, 0) is 9.53 Å². The van der Waals surface area contributed by atoms with Crippen molar-refractivity contribution in [3.8, 4) is 0 Å². The van der Waals surface area contributed by atoms with Gasteiger partial charge in [-0.3, -0.25) is 9.79 Å². The summed E-state index contributed by atoms with van der Waals surface area (Å²) in [7, 11) is 0. The molecule has 2 rings (SSSR count). The number of nitrogens with one attached hydrogen (secondary N) is 1. The van der Waals surface area contributed by atoms with Gasteiger partial charge in [0, 0.05) is 11.9 Å². The molecule has 1 aromatic heterocycles. The van der Waals surface area contributed by atoms with Crippen LogP contribution >= 0.6 is 0 Å². The fourth-order valence-corrected chi connectivity index (χ4v) is 2.15. The van der Waals surface area contributed by atoms with Gasteiger partial charge in [-0.2, -0.15) is 0 Å². The lowest BCUT2D eigenvalue weighted by molar-refractivity contribution is -0.112. The Labute approximate surface area is 157 Å². The largest absolute Gasteiger partial charge is 0.512 e. The molecule has 1 aromatic carbocycles. The van der Waals surface area contributed by atoms with Gasteiger partial charge in [0.05, 0.1) is 23.4 Å². The number of amides is 1. The number of pyridine rings is 1. The number of allylic oxidation sites excluding steroid dienone is 1. The number of aliphatic hydroxyl groups excluding tert-OH is 1. The molecular weight excluding hydrogens is 346 g/mol. The topological polar surface area (TPSA) is 101 Å². The molecule has 0 saturated heterocycles. The Kier molecular flexibility index (Phi) is 6.82. The summed E-state index contributed by atoms with van der Waals surface area (Å²) in [6.07, 6.45) is 1.26. The lowest BCUT2D eigenvalue weighted by atomic mass is 10.2. The highest BCUT2D eigenvalue weighted by atomic mass is 16.5. The second-order valence-electron chi connectivity index (χ2n) is 5.64. The maximum absolute atomic E-state index is 12.4. The average molecular weight is 367 g/mol. The van der Waals surface area contributed by atoms with Crippen LogP contribution in [0.15, 0.2) is 58.8 Å². The predicted octanol–water partition coefficient (Wildman–Crippen LogP) is 3.74. The summed E-state index contributed by atoms with van der Waals surface area (Å²) in [4.78, 5) is 32.4. The average Bonchev–Trinajstić information content (AvgIpc) is 2.62. The fraction of sp³-hybridized carbons (Fsp3) is 0.200. The maximum Gasteiger partial charge on any atom is 0.338 e. The molecule has 140 valence electrons. The van der Waals surface area contributed by atoms with Crippen molar-refractivity contribution in [2.75, 3.05) is 11.9 Å². The highest BCUT2D eigenvalue weighted by molar-refractivity contribution is 6.18. The zero-order valence-electron chi connectivity index (χ0n) is 15.4. The van der Waals surface area contributed by atoms with Crippen LogP contribution in [0.25, 0.3) is 0 Å². The van der Waals surface area contributed by atoms with E-state index in [-0.39, 0.29) is 11.3 Å². The van der Waals surface area contributed by atoms with Crippen molar-refractivity contribution in [3.63, 3.8) is 0 Å². The molecule has 1 amide bonds. The maximum atomic E-state index is 12.4. The second kappa shape index (κ2) is 9.28. The van der Waals surface area contributed by atoms with Crippen molar-refractivity contribution in [1.29, 1.82) is 0 Å².